The largest absolute Gasteiger partial charge is 0.356 e. The quantitative estimate of drug-likeness (QED) is 0.316. The lowest BCUT2D eigenvalue weighted by atomic mass is 10.1. The standard InChI is InChI=1S/C21H42N2/c1-4-7-9-11-12-13-15-18-23-20-19-22(17-6-3)21(23)16-14-10-8-5-2/h19-21H,4-18H2,1-3H3. The lowest BCUT2D eigenvalue weighted by Crippen LogP contribution is -2.39. The summed E-state index contributed by atoms with van der Waals surface area (Å²) in [6.45, 7) is 9.35. The first kappa shape index (κ1) is 20.4. The predicted octanol–water partition coefficient (Wildman–Crippen LogP) is 6.53. The van der Waals surface area contributed by atoms with Crippen LogP contribution in [0.3, 0.4) is 0 Å². The highest BCUT2D eigenvalue weighted by molar-refractivity contribution is 4.96. The van der Waals surface area contributed by atoms with Crippen molar-refractivity contribution >= 4 is 0 Å². The van der Waals surface area contributed by atoms with Crippen molar-refractivity contribution in [2.75, 3.05) is 13.1 Å². The van der Waals surface area contributed by atoms with Crippen LogP contribution in [0.1, 0.15) is 104 Å². The van der Waals surface area contributed by atoms with Gasteiger partial charge in [-0.2, -0.15) is 0 Å². The van der Waals surface area contributed by atoms with Crippen LogP contribution in [0.25, 0.3) is 0 Å². The van der Waals surface area contributed by atoms with Crippen LogP contribution in [0, 0.1) is 0 Å². The molecule has 0 saturated carbocycles. The van der Waals surface area contributed by atoms with Crippen molar-refractivity contribution in [1.82, 2.24) is 9.80 Å². The molecule has 0 spiro atoms. The van der Waals surface area contributed by atoms with Gasteiger partial charge in [0.05, 0.1) is 0 Å². The molecule has 0 N–H and O–H groups in total. The van der Waals surface area contributed by atoms with Gasteiger partial charge in [-0.1, -0.05) is 78.6 Å². The van der Waals surface area contributed by atoms with Gasteiger partial charge >= 0.3 is 0 Å². The molecular formula is C21H42N2. The van der Waals surface area contributed by atoms with E-state index < -0.39 is 0 Å². The van der Waals surface area contributed by atoms with Gasteiger partial charge in [-0.3, -0.25) is 0 Å². The first-order valence-electron chi connectivity index (χ1n) is 10.5. The Morgan fingerprint density at radius 2 is 1.09 bits per heavy atom. The van der Waals surface area contributed by atoms with Gasteiger partial charge in [0.1, 0.15) is 6.17 Å². The second-order valence-electron chi connectivity index (χ2n) is 7.23. The van der Waals surface area contributed by atoms with Crippen molar-refractivity contribution in [1.29, 1.82) is 0 Å². The predicted molar refractivity (Wildman–Crippen MR) is 103 cm³/mol. The zero-order chi connectivity index (χ0) is 16.8. The Bertz CT molecular complexity index is 288. The average Bonchev–Trinajstić information content (AvgIpc) is 2.93. The third-order valence-corrected chi connectivity index (χ3v) is 5.03. The van der Waals surface area contributed by atoms with E-state index in [2.05, 4.69) is 43.0 Å². The van der Waals surface area contributed by atoms with Gasteiger partial charge in [0.2, 0.25) is 0 Å². The molecule has 2 heteroatoms. The molecule has 1 unspecified atom stereocenters. The zero-order valence-corrected chi connectivity index (χ0v) is 16.2. The van der Waals surface area contributed by atoms with Crippen molar-refractivity contribution in [3.8, 4) is 0 Å². The highest BCUT2D eigenvalue weighted by atomic mass is 15.4. The number of hydrogen-bond donors (Lipinski definition) is 0. The summed E-state index contributed by atoms with van der Waals surface area (Å²) in [7, 11) is 0. The van der Waals surface area contributed by atoms with E-state index in [9.17, 15) is 0 Å². The van der Waals surface area contributed by atoms with Crippen LogP contribution in [-0.2, 0) is 0 Å². The van der Waals surface area contributed by atoms with Crippen LogP contribution >= 0.6 is 0 Å². The van der Waals surface area contributed by atoms with Crippen LogP contribution in [0.2, 0.25) is 0 Å². The van der Waals surface area contributed by atoms with Crippen molar-refractivity contribution < 1.29 is 0 Å². The Morgan fingerprint density at radius 1 is 0.565 bits per heavy atom. The van der Waals surface area contributed by atoms with E-state index in [1.54, 1.807) is 0 Å². The van der Waals surface area contributed by atoms with Crippen LogP contribution in [0.5, 0.6) is 0 Å². The van der Waals surface area contributed by atoms with E-state index in [1.165, 1.54) is 96.6 Å². The van der Waals surface area contributed by atoms with Gasteiger partial charge < -0.3 is 9.80 Å². The molecule has 0 aromatic heterocycles. The topological polar surface area (TPSA) is 6.48 Å². The third kappa shape index (κ3) is 8.67. The molecule has 0 aliphatic carbocycles. The molecule has 0 amide bonds. The Hall–Kier alpha value is -0.660. The summed E-state index contributed by atoms with van der Waals surface area (Å²) in [6.07, 6.45) is 23.3. The average molecular weight is 323 g/mol. The Kier molecular flexibility index (Phi) is 12.2. The molecule has 0 fully saturated rings. The van der Waals surface area contributed by atoms with Gasteiger partial charge in [0.15, 0.2) is 0 Å². The summed E-state index contributed by atoms with van der Waals surface area (Å²) >= 11 is 0. The van der Waals surface area contributed by atoms with Crippen LogP contribution in [-0.4, -0.2) is 29.1 Å². The van der Waals surface area contributed by atoms with Crippen LogP contribution < -0.4 is 0 Å². The van der Waals surface area contributed by atoms with Gasteiger partial charge in [0, 0.05) is 25.5 Å². The van der Waals surface area contributed by atoms with E-state index in [4.69, 9.17) is 0 Å². The lowest BCUT2D eigenvalue weighted by Gasteiger charge is -2.33. The van der Waals surface area contributed by atoms with E-state index in [-0.39, 0.29) is 0 Å². The molecule has 0 radical (unpaired) electrons. The summed E-state index contributed by atoms with van der Waals surface area (Å²) < 4.78 is 0. The minimum absolute atomic E-state index is 0.645. The van der Waals surface area contributed by atoms with E-state index in [1.807, 2.05) is 0 Å². The van der Waals surface area contributed by atoms with Gasteiger partial charge in [-0.05, 0) is 25.7 Å². The molecule has 1 rings (SSSR count). The maximum absolute atomic E-state index is 2.62. The molecular weight excluding hydrogens is 280 g/mol. The highest BCUT2D eigenvalue weighted by Gasteiger charge is 2.24. The summed E-state index contributed by atoms with van der Waals surface area (Å²) in [5, 5.41) is 0. The maximum atomic E-state index is 2.62. The van der Waals surface area contributed by atoms with Crippen molar-refractivity contribution in [2.24, 2.45) is 0 Å². The second-order valence-corrected chi connectivity index (χ2v) is 7.23. The van der Waals surface area contributed by atoms with Crippen LogP contribution in [0.4, 0.5) is 0 Å². The molecule has 0 aromatic rings. The summed E-state index contributed by atoms with van der Waals surface area (Å²) in [4.78, 5) is 5.20. The van der Waals surface area contributed by atoms with Gasteiger partial charge in [-0.15, -0.1) is 0 Å². The molecule has 2 nitrogen and oxygen atoms in total. The van der Waals surface area contributed by atoms with Crippen LogP contribution in [0.15, 0.2) is 12.4 Å². The second kappa shape index (κ2) is 13.7. The number of hydrogen-bond acceptors (Lipinski definition) is 2. The molecule has 1 heterocycles. The molecule has 1 aliphatic heterocycles. The van der Waals surface area contributed by atoms with E-state index in [0.717, 1.165) is 0 Å². The Morgan fingerprint density at radius 3 is 1.70 bits per heavy atom. The molecule has 0 aromatic carbocycles. The molecule has 1 aliphatic rings. The molecule has 0 saturated heterocycles. The fourth-order valence-corrected chi connectivity index (χ4v) is 3.60. The minimum atomic E-state index is 0.645. The fraction of sp³-hybridized carbons (Fsp3) is 0.905. The Labute approximate surface area is 146 Å². The van der Waals surface area contributed by atoms with Crippen molar-refractivity contribution in [3.63, 3.8) is 0 Å². The molecule has 23 heavy (non-hydrogen) atoms. The number of unbranched alkanes of at least 4 members (excludes halogenated alkanes) is 9. The smallest absolute Gasteiger partial charge is 0.101 e. The first-order chi connectivity index (χ1) is 11.3. The SMILES string of the molecule is CCCCCCCCCN1C=CN(CCC)C1CCCCCC. The monoisotopic (exact) mass is 322 g/mol. The fourth-order valence-electron chi connectivity index (χ4n) is 3.60. The van der Waals surface area contributed by atoms with E-state index >= 15 is 0 Å². The molecule has 136 valence electrons. The maximum Gasteiger partial charge on any atom is 0.101 e. The highest BCUT2D eigenvalue weighted by Crippen LogP contribution is 2.22. The van der Waals surface area contributed by atoms with Gasteiger partial charge in [0.25, 0.3) is 0 Å². The minimum Gasteiger partial charge on any atom is -0.356 e. The summed E-state index contributed by atoms with van der Waals surface area (Å²) in [5.74, 6) is 0. The third-order valence-electron chi connectivity index (χ3n) is 5.03. The first-order valence-corrected chi connectivity index (χ1v) is 10.5. The van der Waals surface area contributed by atoms with Gasteiger partial charge in [-0.25, -0.2) is 0 Å². The van der Waals surface area contributed by atoms with E-state index in [0.29, 0.717) is 6.17 Å². The Balaban J connectivity index is 2.23. The molecule has 1 atom stereocenters. The lowest BCUT2D eigenvalue weighted by molar-refractivity contribution is 0.137. The summed E-state index contributed by atoms with van der Waals surface area (Å²) in [5.41, 5.74) is 0. The van der Waals surface area contributed by atoms with Crippen molar-refractivity contribution in [2.45, 2.75) is 110 Å². The number of nitrogens with zero attached hydrogens (tertiary/aromatic N) is 2. The molecule has 0 bridgehead atoms. The zero-order valence-electron chi connectivity index (χ0n) is 16.2. The normalized spacial score (nSPS) is 17.4. The van der Waals surface area contributed by atoms with Crippen molar-refractivity contribution in [3.05, 3.63) is 12.4 Å². The number of rotatable bonds is 15. The summed E-state index contributed by atoms with van der Waals surface area (Å²) in [6, 6.07) is 0.